The van der Waals surface area contributed by atoms with Crippen molar-refractivity contribution in [2.24, 2.45) is 0 Å². The summed E-state index contributed by atoms with van der Waals surface area (Å²) < 4.78 is 0. The molecule has 0 bridgehead atoms. The van der Waals surface area contributed by atoms with Gasteiger partial charge in [-0.05, 0) is 44.0 Å². The molecule has 1 fully saturated rings. The lowest BCUT2D eigenvalue weighted by Crippen LogP contribution is -2.45. The standard InChI is InChI=1S/C15H23N3O/c1-2-18(12-13-7-10-16-11-8-13)15(19)14-6-4-3-5-9-17-14/h7-8,10-11,14,17H,2-6,9,12H2,1H3. The summed E-state index contributed by atoms with van der Waals surface area (Å²) in [5, 5.41) is 3.38. The van der Waals surface area contributed by atoms with Crippen LogP contribution in [0.25, 0.3) is 0 Å². The Morgan fingerprint density at radius 3 is 2.89 bits per heavy atom. The molecule has 2 rings (SSSR count). The van der Waals surface area contributed by atoms with Crippen molar-refractivity contribution in [3.05, 3.63) is 30.1 Å². The van der Waals surface area contributed by atoms with Gasteiger partial charge in [0.1, 0.15) is 0 Å². The average Bonchev–Trinajstić information content (AvgIpc) is 2.74. The van der Waals surface area contributed by atoms with Crippen molar-refractivity contribution >= 4 is 5.91 Å². The van der Waals surface area contributed by atoms with Gasteiger partial charge in [-0.3, -0.25) is 9.78 Å². The first-order valence-electron chi connectivity index (χ1n) is 7.22. The van der Waals surface area contributed by atoms with Gasteiger partial charge in [-0.15, -0.1) is 0 Å². The number of aromatic nitrogens is 1. The van der Waals surface area contributed by atoms with E-state index in [1.54, 1.807) is 12.4 Å². The lowest BCUT2D eigenvalue weighted by molar-refractivity contribution is -0.134. The quantitative estimate of drug-likeness (QED) is 0.901. The summed E-state index contributed by atoms with van der Waals surface area (Å²) in [5.41, 5.74) is 1.14. The zero-order valence-corrected chi connectivity index (χ0v) is 11.6. The van der Waals surface area contributed by atoms with Gasteiger partial charge in [0.05, 0.1) is 6.04 Å². The molecule has 0 aliphatic carbocycles. The fourth-order valence-electron chi connectivity index (χ4n) is 2.51. The third kappa shape index (κ3) is 4.03. The lowest BCUT2D eigenvalue weighted by atomic mass is 10.1. The van der Waals surface area contributed by atoms with Crippen molar-refractivity contribution in [2.75, 3.05) is 13.1 Å². The smallest absolute Gasteiger partial charge is 0.239 e. The Labute approximate surface area is 115 Å². The zero-order chi connectivity index (χ0) is 13.5. The molecule has 1 saturated heterocycles. The molecule has 1 amide bonds. The van der Waals surface area contributed by atoms with Crippen LogP contribution in [0, 0.1) is 0 Å². The molecule has 0 radical (unpaired) electrons. The summed E-state index contributed by atoms with van der Waals surface area (Å²) >= 11 is 0. The number of rotatable bonds is 4. The first-order chi connectivity index (χ1) is 9.31. The molecular weight excluding hydrogens is 238 g/mol. The minimum atomic E-state index is 0.00397. The van der Waals surface area contributed by atoms with Crippen LogP contribution in [-0.4, -0.2) is 34.9 Å². The largest absolute Gasteiger partial charge is 0.337 e. The number of nitrogens with zero attached hydrogens (tertiary/aromatic N) is 2. The van der Waals surface area contributed by atoms with E-state index in [-0.39, 0.29) is 11.9 Å². The van der Waals surface area contributed by atoms with Gasteiger partial charge in [0.2, 0.25) is 5.91 Å². The molecule has 1 aromatic heterocycles. The predicted molar refractivity (Wildman–Crippen MR) is 75.6 cm³/mol. The number of carbonyl (C=O) groups excluding carboxylic acids is 1. The molecule has 104 valence electrons. The fraction of sp³-hybridized carbons (Fsp3) is 0.600. The molecule has 1 aromatic rings. The third-order valence-corrected chi connectivity index (χ3v) is 3.67. The number of nitrogens with one attached hydrogen (secondary N) is 1. The van der Waals surface area contributed by atoms with E-state index in [9.17, 15) is 4.79 Å². The van der Waals surface area contributed by atoms with Gasteiger partial charge < -0.3 is 10.2 Å². The Bertz CT molecular complexity index is 386. The molecule has 0 aromatic carbocycles. The minimum absolute atomic E-state index is 0.00397. The second-order valence-corrected chi connectivity index (χ2v) is 5.06. The number of likely N-dealkylation sites (N-methyl/N-ethyl adjacent to an activating group) is 1. The summed E-state index contributed by atoms with van der Waals surface area (Å²) in [6.07, 6.45) is 8.07. The highest BCUT2D eigenvalue weighted by molar-refractivity contribution is 5.81. The molecule has 1 unspecified atom stereocenters. The summed E-state index contributed by atoms with van der Waals surface area (Å²) in [5.74, 6) is 0.237. The topological polar surface area (TPSA) is 45.2 Å². The molecule has 4 heteroatoms. The molecule has 1 aliphatic rings. The van der Waals surface area contributed by atoms with Crippen molar-refractivity contribution < 1.29 is 4.79 Å². The normalized spacial score (nSPS) is 19.7. The highest BCUT2D eigenvalue weighted by Crippen LogP contribution is 2.12. The van der Waals surface area contributed by atoms with Gasteiger partial charge in [-0.1, -0.05) is 12.8 Å². The first kappa shape index (κ1) is 14.0. The van der Waals surface area contributed by atoms with E-state index in [1.807, 2.05) is 24.0 Å². The van der Waals surface area contributed by atoms with Crippen LogP contribution in [0.1, 0.15) is 38.2 Å². The van der Waals surface area contributed by atoms with Crippen molar-refractivity contribution in [1.29, 1.82) is 0 Å². The highest BCUT2D eigenvalue weighted by Gasteiger charge is 2.23. The maximum atomic E-state index is 12.5. The Morgan fingerprint density at radius 2 is 2.16 bits per heavy atom. The van der Waals surface area contributed by atoms with Crippen LogP contribution in [0.3, 0.4) is 0 Å². The fourth-order valence-corrected chi connectivity index (χ4v) is 2.51. The molecular formula is C15H23N3O. The van der Waals surface area contributed by atoms with Crippen molar-refractivity contribution in [3.8, 4) is 0 Å². The van der Waals surface area contributed by atoms with Crippen LogP contribution < -0.4 is 5.32 Å². The van der Waals surface area contributed by atoms with Gasteiger partial charge in [0.25, 0.3) is 0 Å². The van der Waals surface area contributed by atoms with E-state index in [1.165, 1.54) is 12.8 Å². The van der Waals surface area contributed by atoms with E-state index in [0.29, 0.717) is 6.54 Å². The number of pyridine rings is 1. The van der Waals surface area contributed by atoms with Crippen LogP contribution in [0.15, 0.2) is 24.5 Å². The van der Waals surface area contributed by atoms with Gasteiger partial charge in [-0.25, -0.2) is 0 Å². The van der Waals surface area contributed by atoms with E-state index < -0.39 is 0 Å². The van der Waals surface area contributed by atoms with Gasteiger partial charge in [0, 0.05) is 25.5 Å². The SMILES string of the molecule is CCN(Cc1ccncc1)C(=O)C1CCCCCN1. The zero-order valence-electron chi connectivity index (χ0n) is 11.6. The van der Waals surface area contributed by atoms with E-state index in [0.717, 1.165) is 31.5 Å². The third-order valence-electron chi connectivity index (χ3n) is 3.67. The summed E-state index contributed by atoms with van der Waals surface area (Å²) in [4.78, 5) is 18.5. The number of hydrogen-bond acceptors (Lipinski definition) is 3. The Hall–Kier alpha value is -1.42. The van der Waals surface area contributed by atoms with E-state index in [4.69, 9.17) is 0 Å². The molecule has 1 atom stereocenters. The van der Waals surface area contributed by atoms with Crippen LogP contribution in [0.5, 0.6) is 0 Å². The lowest BCUT2D eigenvalue weighted by Gasteiger charge is -2.26. The maximum Gasteiger partial charge on any atom is 0.239 e. The van der Waals surface area contributed by atoms with E-state index in [2.05, 4.69) is 10.3 Å². The van der Waals surface area contributed by atoms with Crippen LogP contribution in [0.2, 0.25) is 0 Å². The van der Waals surface area contributed by atoms with E-state index >= 15 is 0 Å². The molecule has 1 N–H and O–H groups in total. The van der Waals surface area contributed by atoms with Gasteiger partial charge in [0.15, 0.2) is 0 Å². The molecule has 0 saturated carbocycles. The van der Waals surface area contributed by atoms with Gasteiger partial charge in [-0.2, -0.15) is 0 Å². The predicted octanol–water partition coefficient (Wildman–Crippen LogP) is 1.96. The monoisotopic (exact) mass is 261 g/mol. The second-order valence-electron chi connectivity index (χ2n) is 5.06. The Balaban J connectivity index is 1.98. The number of hydrogen-bond donors (Lipinski definition) is 1. The van der Waals surface area contributed by atoms with Crippen LogP contribution in [-0.2, 0) is 11.3 Å². The second kappa shape index (κ2) is 7.24. The maximum absolute atomic E-state index is 12.5. The van der Waals surface area contributed by atoms with Crippen LogP contribution >= 0.6 is 0 Å². The number of amides is 1. The van der Waals surface area contributed by atoms with Crippen LogP contribution in [0.4, 0.5) is 0 Å². The van der Waals surface area contributed by atoms with Crippen molar-refractivity contribution in [3.63, 3.8) is 0 Å². The highest BCUT2D eigenvalue weighted by atomic mass is 16.2. The molecule has 4 nitrogen and oxygen atoms in total. The van der Waals surface area contributed by atoms with Crippen molar-refractivity contribution in [2.45, 2.75) is 45.2 Å². The molecule has 2 heterocycles. The summed E-state index contributed by atoms with van der Waals surface area (Å²) in [6, 6.07) is 3.94. The average molecular weight is 261 g/mol. The molecule has 1 aliphatic heterocycles. The summed E-state index contributed by atoms with van der Waals surface area (Å²) in [6.45, 7) is 4.42. The first-order valence-corrected chi connectivity index (χ1v) is 7.22. The minimum Gasteiger partial charge on any atom is -0.337 e. The number of carbonyl (C=O) groups is 1. The van der Waals surface area contributed by atoms with Gasteiger partial charge >= 0.3 is 0 Å². The molecule has 0 spiro atoms. The van der Waals surface area contributed by atoms with Crippen molar-refractivity contribution in [1.82, 2.24) is 15.2 Å². The Morgan fingerprint density at radius 1 is 1.37 bits per heavy atom. The Kier molecular flexibility index (Phi) is 5.33. The molecule has 19 heavy (non-hydrogen) atoms. The summed E-state index contributed by atoms with van der Waals surface area (Å²) in [7, 11) is 0.